The number of alkyl carbamates (subject to hydrolysis) is 1. The second kappa shape index (κ2) is 7.47. The van der Waals surface area contributed by atoms with Crippen LogP contribution in [-0.2, 0) is 11.3 Å². The lowest BCUT2D eigenvalue weighted by atomic mass is 9.92. The number of nitrogens with one attached hydrogen (secondary N) is 1. The monoisotopic (exact) mass is 287 g/mol. The van der Waals surface area contributed by atoms with Crippen LogP contribution in [0.2, 0.25) is 0 Å². The molecule has 112 valence electrons. The molecule has 0 heterocycles. The van der Waals surface area contributed by atoms with E-state index in [1.165, 1.54) is 0 Å². The van der Waals surface area contributed by atoms with Crippen molar-refractivity contribution in [2.75, 3.05) is 7.05 Å². The fraction of sp³-hybridized carbons (Fsp3) is 0.375. The van der Waals surface area contributed by atoms with Crippen LogP contribution in [0.25, 0.3) is 0 Å². The molecule has 3 N–H and O–H groups in total. The predicted molar refractivity (Wildman–Crippen MR) is 83.0 cm³/mol. The number of nitrogens with two attached hydrogens (primary N) is 1. The van der Waals surface area contributed by atoms with Gasteiger partial charge in [0.1, 0.15) is 6.61 Å². The van der Waals surface area contributed by atoms with Gasteiger partial charge >= 0.3 is 6.09 Å². The van der Waals surface area contributed by atoms with E-state index in [-0.39, 0.29) is 12.6 Å². The number of hydrogen-bond acceptors (Lipinski definition) is 4. The zero-order valence-corrected chi connectivity index (χ0v) is 12.2. The topological polar surface area (TPSA) is 76.7 Å². The van der Waals surface area contributed by atoms with E-state index in [4.69, 9.17) is 10.5 Å². The molecule has 5 nitrogen and oxygen atoms in total. The number of allylic oxidation sites excluding steroid dienone is 1. The van der Waals surface area contributed by atoms with Crippen molar-refractivity contribution >= 4 is 12.3 Å². The van der Waals surface area contributed by atoms with Gasteiger partial charge < -0.3 is 15.8 Å². The van der Waals surface area contributed by atoms with Crippen LogP contribution in [0.1, 0.15) is 24.8 Å². The largest absolute Gasteiger partial charge is 0.445 e. The zero-order valence-electron chi connectivity index (χ0n) is 12.2. The second-order valence-corrected chi connectivity index (χ2v) is 5.02. The van der Waals surface area contributed by atoms with Crippen LogP contribution < -0.4 is 11.1 Å². The Balaban J connectivity index is 1.91. The standard InChI is InChI=1S/C16H21N3O2/c1-18-10-13-14(17)8-5-9-15(13)19-16(20)21-11-12-6-3-2-4-7-12/h2-4,6-7,10,15H,5,8-9,11,17H2,1H3,(H,19,20)/t15-/m1/s1. The Labute approximate surface area is 124 Å². The van der Waals surface area contributed by atoms with E-state index in [2.05, 4.69) is 10.3 Å². The number of carbonyl (C=O) groups is 1. The van der Waals surface area contributed by atoms with Crippen LogP contribution in [0.3, 0.4) is 0 Å². The zero-order chi connectivity index (χ0) is 15.1. The van der Waals surface area contributed by atoms with E-state index < -0.39 is 6.09 Å². The first-order valence-corrected chi connectivity index (χ1v) is 7.08. The third-order valence-electron chi connectivity index (χ3n) is 3.46. The van der Waals surface area contributed by atoms with E-state index in [9.17, 15) is 4.79 Å². The smallest absolute Gasteiger partial charge is 0.407 e. The fourth-order valence-electron chi connectivity index (χ4n) is 2.39. The van der Waals surface area contributed by atoms with E-state index in [1.54, 1.807) is 13.3 Å². The minimum Gasteiger partial charge on any atom is -0.445 e. The Morgan fingerprint density at radius 1 is 1.48 bits per heavy atom. The van der Waals surface area contributed by atoms with Crippen LogP contribution >= 0.6 is 0 Å². The third kappa shape index (κ3) is 4.34. The van der Waals surface area contributed by atoms with Gasteiger partial charge in [-0.15, -0.1) is 0 Å². The Morgan fingerprint density at radius 3 is 2.95 bits per heavy atom. The first kappa shape index (κ1) is 15.1. The molecule has 1 aliphatic rings. The quantitative estimate of drug-likeness (QED) is 0.835. The van der Waals surface area contributed by atoms with Crippen molar-refractivity contribution in [3.05, 3.63) is 47.2 Å². The molecular formula is C16H21N3O2. The minimum atomic E-state index is -0.430. The predicted octanol–water partition coefficient (Wildman–Crippen LogP) is 2.38. The lowest BCUT2D eigenvalue weighted by Gasteiger charge is -2.25. The number of aliphatic imine (C=N–C) groups is 1. The molecule has 1 atom stereocenters. The summed E-state index contributed by atoms with van der Waals surface area (Å²) in [6.07, 6.45) is 3.94. The summed E-state index contributed by atoms with van der Waals surface area (Å²) in [5, 5.41) is 2.86. The molecule has 0 aromatic heterocycles. The van der Waals surface area contributed by atoms with Crippen molar-refractivity contribution in [2.45, 2.75) is 31.9 Å². The molecule has 2 rings (SSSR count). The van der Waals surface area contributed by atoms with Gasteiger partial charge in [-0.05, 0) is 24.8 Å². The molecule has 0 fully saturated rings. The highest BCUT2D eigenvalue weighted by molar-refractivity contribution is 5.83. The van der Waals surface area contributed by atoms with Crippen molar-refractivity contribution in [3.8, 4) is 0 Å². The van der Waals surface area contributed by atoms with E-state index >= 15 is 0 Å². The van der Waals surface area contributed by atoms with E-state index in [0.29, 0.717) is 0 Å². The highest BCUT2D eigenvalue weighted by Crippen LogP contribution is 2.21. The van der Waals surface area contributed by atoms with Crippen molar-refractivity contribution in [3.63, 3.8) is 0 Å². The molecule has 1 aliphatic carbocycles. The summed E-state index contributed by atoms with van der Waals surface area (Å²) in [7, 11) is 1.69. The van der Waals surface area contributed by atoms with Crippen LogP contribution in [-0.4, -0.2) is 25.4 Å². The summed E-state index contributed by atoms with van der Waals surface area (Å²) >= 11 is 0. The fourth-order valence-corrected chi connectivity index (χ4v) is 2.39. The van der Waals surface area contributed by atoms with E-state index in [0.717, 1.165) is 36.1 Å². The number of carbonyl (C=O) groups excluding carboxylic acids is 1. The minimum absolute atomic E-state index is 0.120. The van der Waals surface area contributed by atoms with Gasteiger partial charge in [-0.1, -0.05) is 30.3 Å². The van der Waals surface area contributed by atoms with Gasteiger partial charge in [0.25, 0.3) is 0 Å². The highest BCUT2D eigenvalue weighted by atomic mass is 16.5. The molecule has 0 unspecified atom stereocenters. The molecule has 0 aliphatic heterocycles. The molecule has 0 bridgehead atoms. The molecule has 0 saturated carbocycles. The maximum Gasteiger partial charge on any atom is 0.407 e. The molecular weight excluding hydrogens is 266 g/mol. The number of benzene rings is 1. The summed E-state index contributed by atoms with van der Waals surface area (Å²) in [4.78, 5) is 15.9. The first-order chi connectivity index (χ1) is 10.2. The SMILES string of the molecule is CN=CC1=C(N)CCC[C@H]1NC(=O)OCc1ccccc1. The average molecular weight is 287 g/mol. The third-order valence-corrected chi connectivity index (χ3v) is 3.46. The van der Waals surface area contributed by atoms with Gasteiger partial charge in [-0.2, -0.15) is 0 Å². The lowest BCUT2D eigenvalue weighted by molar-refractivity contribution is 0.136. The Bertz CT molecular complexity index is 538. The molecule has 1 aromatic rings. The van der Waals surface area contributed by atoms with Crippen molar-refractivity contribution in [2.24, 2.45) is 10.7 Å². The number of ether oxygens (including phenoxy) is 1. The average Bonchev–Trinajstić information content (AvgIpc) is 2.50. The number of nitrogens with zero attached hydrogens (tertiary/aromatic N) is 1. The second-order valence-electron chi connectivity index (χ2n) is 5.02. The summed E-state index contributed by atoms with van der Waals surface area (Å²) in [5.41, 5.74) is 8.63. The summed E-state index contributed by atoms with van der Waals surface area (Å²) in [5.74, 6) is 0. The molecule has 0 saturated heterocycles. The Morgan fingerprint density at radius 2 is 2.24 bits per heavy atom. The van der Waals surface area contributed by atoms with Crippen molar-refractivity contribution in [1.29, 1.82) is 0 Å². The van der Waals surface area contributed by atoms with Crippen LogP contribution in [0.4, 0.5) is 4.79 Å². The van der Waals surface area contributed by atoms with Crippen LogP contribution in [0.15, 0.2) is 46.6 Å². The summed E-state index contributed by atoms with van der Waals surface area (Å²) < 4.78 is 5.23. The number of rotatable bonds is 4. The van der Waals surface area contributed by atoms with E-state index in [1.807, 2.05) is 30.3 Å². The summed E-state index contributed by atoms with van der Waals surface area (Å²) in [6, 6.07) is 9.47. The molecule has 21 heavy (non-hydrogen) atoms. The maximum absolute atomic E-state index is 11.9. The van der Waals surface area contributed by atoms with Crippen LogP contribution in [0.5, 0.6) is 0 Å². The molecule has 5 heteroatoms. The maximum atomic E-state index is 11.9. The van der Waals surface area contributed by atoms with Crippen LogP contribution in [0, 0.1) is 0 Å². The Hall–Kier alpha value is -2.30. The van der Waals surface area contributed by atoms with Gasteiger partial charge in [0.15, 0.2) is 0 Å². The van der Waals surface area contributed by atoms with Gasteiger partial charge in [-0.3, -0.25) is 4.99 Å². The van der Waals surface area contributed by atoms with Gasteiger partial charge in [0.05, 0.1) is 6.04 Å². The van der Waals surface area contributed by atoms with Gasteiger partial charge in [-0.25, -0.2) is 4.79 Å². The first-order valence-electron chi connectivity index (χ1n) is 7.08. The van der Waals surface area contributed by atoms with Gasteiger partial charge in [0, 0.05) is 24.5 Å². The number of amides is 1. The van der Waals surface area contributed by atoms with Crippen molar-refractivity contribution in [1.82, 2.24) is 5.32 Å². The normalized spacial score (nSPS) is 18.8. The molecule has 1 aromatic carbocycles. The molecule has 0 radical (unpaired) electrons. The van der Waals surface area contributed by atoms with Crippen molar-refractivity contribution < 1.29 is 9.53 Å². The molecule has 1 amide bonds. The van der Waals surface area contributed by atoms with Gasteiger partial charge in [0.2, 0.25) is 0 Å². The number of hydrogen-bond donors (Lipinski definition) is 2. The highest BCUT2D eigenvalue weighted by Gasteiger charge is 2.22. The molecule has 0 spiro atoms. The lowest BCUT2D eigenvalue weighted by Crippen LogP contribution is -2.39. The Kier molecular flexibility index (Phi) is 5.37. The summed E-state index contributed by atoms with van der Waals surface area (Å²) in [6.45, 7) is 0.260.